The molecule has 0 spiro atoms. The van der Waals surface area contributed by atoms with Crippen LogP contribution in [0.15, 0.2) is 53.0 Å². The number of nitrogens with zero attached hydrogens (tertiary/aromatic N) is 1. The Morgan fingerprint density at radius 2 is 1.62 bits per heavy atom. The molecule has 0 unspecified atom stereocenters. The van der Waals surface area contributed by atoms with Crippen LogP contribution in [0.1, 0.15) is 30.0 Å². The highest BCUT2D eigenvalue weighted by atomic mass is 79.9. The molecule has 2 aromatic carbocycles. The molecule has 0 aliphatic carbocycles. The fourth-order valence-electron chi connectivity index (χ4n) is 2.73. The van der Waals surface area contributed by atoms with Gasteiger partial charge in [-0.15, -0.1) is 0 Å². The van der Waals surface area contributed by atoms with Crippen molar-refractivity contribution in [3.05, 3.63) is 69.7 Å². The first kappa shape index (κ1) is 20.2. The number of rotatable bonds is 7. The van der Waals surface area contributed by atoms with Gasteiger partial charge in [0, 0.05) is 24.5 Å². The highest BCUT2D eigenvalue weighted by Gasteiger charge is 2.25. The second-order valence-corrected chi connectivity index (χ2v) is 7.34. The van der Waals surface area contributed by atoms with Crippen molar-refractivity contribution in [2.75, 3.05) is 7.05 Å². The minimum absolute atomic E-state index is 0.0235. The first-order chi connectivity index (χ1) is 12.4. The lowest BCUT2D eigenvalue weighted by Crippen LogP contribution is -2.46. The van der Waals surface area contributed by atoms with E-state index in [0.29, 0.717) is 19.4 Å². The smallest absolute Gasteiger partial charge is 0.242 e. The molecule has 138 valence electrons. The van der Waals surface area contributed by atoms with Gasteiger partial charge in [0.1, 0.15) is 6.04 Å². The molecule has 4 nitrogen and oxygen atoms in total. The molecule has 0 saturated carbocycles. The first-order valence-corrected chi connectivity index (χ1v) is 9.51. The lowest BCUT2D eigenvalue weighted by molar-refractivity contribution is -0.140. The van der Waals surface area contributed by atoms with Gasteiger partial charge in [-0.25, -0.2) is 0 Å². The van der Waals surface area contributed by atoms with E-state index in [0.717, 1.165) is 15.6 Å². The Hall–Kier alpha value is -2.14. The van der Waals surface area contributed by atoms with Gasteiger partial charge in [0.2, 0.25) is 11.8 Å². The average molecular weight is 417 g/mol. The molecule has 5 heteroatoms. The Morgan fingerprint density at radius 1 is 1.04 bits per heavy atom. The molecule has 1 N–H and O–H groups in total. The van der Waals surface area contributed by atoms with Crippen LogP contribution in [0.25, 0.3) is 0 Å². The summed E-state index contributed by atoms with van der Waals surface area (Å²) in [4.78, 5) is 26.6. The first-order valence-electron chi connectivity index (χ1n) is 8.71. The van der Waals surface area contributed by atoms with Crippen LogP contribution in [-0.4, -0.2) is 29.8 Å². The minimum Gasteiger partial charge on any atom is -0.357 e. The van der Waals surface area contributed by atoms with Crippen molar-refractivity contribution in [3.8, 4) is 0 Å². The summed E-state index contributed by atoms with van der Waals surface area (Å²) in [5.41, 5.74) is 3.32. The topological polar surface area (TPSA) is 49.4 Å². The molecule has 0 aliphatic rings. The molecule has 0 saturated heterocycles. The molecule has 0 aromatic heterocycles. The Bertz CT molecular complexity index is 742. The summed E-state index contributed by atoms with van der Waals surface area (Å²) in [5.74, 6) is -0.185. The molecular weight excluding hydrogens is 392 g/mol. The van der Waals surface area contributed by atoms with E-state index in [1.165, 1.54) is 5.56 Å². The molecule has 0 heterocycles. The number of hydrogen-bond acceptors (Lipinski definition) is 2. The number of hydrogen-bond donors (Lipinski definition) is 1. The summed E-state index contributed by atoms with van der Waals surface area (Å²) in [6.07, 6.45) is 1.04. The molecule has 26 heavy (non-hydrogen) atoms. The summed E-state index contributed by atoms with van der Waals surface area (Å²) < 4.78 is 0.984. The number of carbonyl (C=O) groups is 2. The molecule has 2 rings (SSSR count). The number of amides is 2. The van der Waals surface area contributed by atoms with Crippen molar-refractivity contribution >= 4 is 27.7 Å². The summed E-state index contributed by atoms with van der Waals surface area (Å²) >= 11 is 3.42. The second kappa shape index (κ2) is 9.53. The normalized spacial score (nSPS) is 11.7. The van der Waals surface area contributed by atoms with Gasteiger partial charge in [0.05, 0.1) is 0 Å². The summed E-state index contributed by atoms with van der Waals surface area (Å²) in [7, 11) is 1.59. The van der Waals surface area contributed by atoms with Gasteiger partial charge < -0.3 is 10.2 Å². The van der Waals surface area contributed by atoms with Crippen LogP contribution in [-0.2, 0) is 22.6 Å². The quantitative estimate of drug-likeness (QED) is 0.744. The number of aryl methyl sites for hydroxylation is 2. The van der Waals surface area contributed by atoms with Crippen molar-refractivity contribution in [3.63, 3.8) is 0 Å². The SMILES string of the molecule is CNC(=O)[C@@H](C)N(Cc1ccc(Br)cc1)C(=O)CCc1ccc(C)cc1. The third-order valence-corrected chi connectivity index (χ3v) is 4.96. The highest BCUT2D eigenvalue weighted by molar-refractivity contribution is 9.10. The van der Waals surface area contributed by atoms with E-state index in [1.807, 2.05) is 55.5 Å². The number of likely N-dealkylation sites (N-methyl/N-ethyl adjacent to an activating group) is 1. The molecule has 0 bridgehead atoms. The predicted molar refractivity (Wildman–Crippen MR) is 108 cm³/mol. The Labute approximate surface area is 163 Å². The molecular formula is C21H25BrN2O2. The predicted octanol–water partition coefficient (Wildman–Crippen LogP) is 3.85. The van der Waals surface area contributed by atoms with Gasteiger partial charge in [0.15, 0.2) is 0 Å². The maximum atomic E-state index is 12.9. The molecule has 1 atom stereocenters. The molecule has 0 aliphatic heterocycles. The fourth-order valence-corrected chi connectivity index (χ4v) is 2.99. The zero-order valence-electron chi connectivity index (χ0n) is 15.5. The average Bonchev–Trinajstić information content (AvgIpc) is 2.65. The van der Waals surface area contributed by atoms with E-state index >= 15 is 0 Å². The fraction of sp³-hybridized carbons (Fsp3) is 0.333. The zero-order chi connectivity index (χ0) is 19.1. The van der Waals surface area contributed by atoms with Crippen LogP contribution in [0.5, 0.6) is 0 Å². The van der Waals surface area contributed by atoms with Crippen molar-refractivity contribution in [1.29, 1.82) is 0 Å². The van der Waals surface area contributed by atoms with Gasteiger partial charge in [-0.1, -0.05) is 57.9 Å². The second-order valence-electron chi connectivity index (χ2n) is 6.42. The Kier molecular flexibility index (Phi) is 7.39. The largest absolute Gasteiger partial charge is 0.357 e. The zero-order valence-corrected chi connectivity index (χ0v) is 17.0. The third-order valence-electron chi connectivity index (χ3n) is 4.43. The molecule has 2 aromatic rings. The maximum absolute atomic E-state index is 12.9. The van der Waals surface area contributed by atoms with Crippen molar-refractivity contribution < 1.29 is 9.59 Å². The number of halogens is 1. The van der Waals surface area contributed by atoms with Crippen LogP contribution in [0.4, 0.5) is 0 Å². The number of carbonyl (C=O) groups excluding carboxylic acids is 2. The molecule has 2 amide bonds. The minimum atomic E-state index is -0.519. The number of nitrogens with one attached hydrogen (secondary N) is 1. The lowest BCUT2D eigenvalue weighted by atomic mass is 10.1. The van der Waals surface area contributed by atoms with Crippen molar-refractivity contribution in [2.24, 2.45) is 0 Å². The van der Waals surface area contributed by atoms with Gasteiger partial charge in [-0.2, -0.15) is 0 Å². The summed E-state index contributed by atoms with van der Waals surface area (Å²) in [6.45, 7) is 4.22. The van der Waals surface area contributed by atoms with E-state index in [1.54, 1.807) is 18.9 Å². The molecule has 0 radical (unpaired) electrons. The van der Waals surface area contributed by atoms with E-state index in [-0.39, 0.29) is 11.8 Å². The van der Waals surface area contributed by atoms with Gasteiger partial charge in [0.25, 0.3) is 0 Å². The van der Waals surface area contributed by atoms with Crippen molar-refractivity contribution in [1.82, 2.24) is 10.2 Å². The lowest BCUT2D eigenvalue weighted by Gasteiger charge is -2.28. The van der Waals surface area contributed by atoms with Crippen LogP contribution >= 0.6 is 15.9 Å². The van der Waals surface area contributed by atoms with Crippen LogP contribution in [0, 0.1) is 6.92 Å². The van der Waals surface area contributed by atoms with Crippen LogP contribution < -0.4 is 5.32 Å². The summed E-state index contributed by atoms with van der Waals surface area (Å²) in [6, 6.07) is 15.5. The van der Waals surface area contributed by atoms with Gasteiger partial charge >= 0.3 is 0 Å². The van der Waals surface area contributed by atoms with E-state index < -0.39 is 6.04 Å². The van der Waals surface area contributed by atoms with E-state index in [9.17, 15) is 9.59 Å². The van der Waals surface area contributed by atoms with Gasteiger partial charge in [-0.05, 0) is 43.5 Å². The number of benzene rings is 2. The summed E-state index contributed by atoms with van der Waals surface area (Å²) in [5, 5.41) is 2.63. The van der Waals surface area contributed by atoms with E-state index in [2.05, 4.69) is 21.2 Å². The third kappa shape index (κ3) is 5.70. The highest BCUT2D eigenvalue weighted by Crippen LogP contribution is 2.16. The van der Waals surface area contributed by atoms with Crippen LogP contribution in [0.3, 0.4) is 0 Å². The standard InChI is InChI=1S/C21H25BrN2O2/c1-15-4-6-17(7-5-15)10-13-20(25)24(16(2)21(26)23-3)14-18-8-11-19(22)12-9-18/h4-9,11-12,16H,10,13-14H2,1-3H3,(H,23,26)/t16-/m1/s1. The Morgan fingerprint density at radius 3 is 2.19 bits per heavy atom. The monoisotopic (exact) mass is 416 g/mol. The van der Waals surface area contributed by atoms with E-state index in [4.69, 9.17) is 0 Å². The van der Waals surface area contributed by atoms with Crippen molar-refractivity contribution in [2.45, 2.75) is 39.3 Å². The Balaban J connectivity index is 2.10. The van der Waals surface area contributed by atoms with Crippen LogP contribution in [0.2, 0.25) is 0 Å². The molecule has 0 fully saturated rings. The van der Waals surface area contributed by atoms with Gasteiger partial charge in [-0.3, -0.25) is 9.59 Å². The maximum Gasteiger partial charge on any atom is 0.242 e.